The van der Waals surface area contributed by atoms with Gasteiger partial charge in [0, 0.05) is 32.4 Å². The fourth-order valence-corrected chi connectivity index (χ4v) is 3.89. The van der Waals surface area contributed by atoms with Gasteiger partial charge in [-0.25, -0.2) is 0 Å². The third-order valence-corrected chi connectivity index (χ3v) is 5.26. The fraction of sp³-hybridized carbons (Fsp3) is 0.450. The monoisotopic (exact) mass is 353 g/mol. The Morgan fingerprint density at radius 3 is 2.58 bits per heavy atom. The van der Waals surface area contributed by atoms with Crippen LogP contribution in [0.3, 0.4) is 0 Å². The first-order valence-electron chi connectivity index (χ1n) is 9.29. The zero-order chi connectivity index (χ0) is 17.9. The van der Waals surface area contributed by atoms with E-state index in [0.29, 0.717) is 18.8 Å². The Morgan fingerprint density at radius 2 is 1.85 bits per heavy atom. The lowest BCUT2D eigenvalue weighted by molar-refractivity contribution is -0.133. The quantitative estimate of drug-likeness (QED) is 0.833. The highest BCUT2D eigenvalue weighted by atomic mass is 16.3. The second kappa shape index (κ2) is 7.32. The van der Waals surface area contributed by atoms with Gasteiger partial charge in [0.2, 0.25) is 5.91 Å². The average molecular weight is 353 g/mol. The van der Waals surface area contributed by atoms with Crippen molar-refractivity contribution in [3.05, 3.63) is 53.7 Å². The van der Waals surface area contributed by atoms with Crippen LogP contribution in [0, 0.1) is 0 Å². The van der Waals surface area contributed by atoms with Gasteiger partial charge in [0.25, 0.3) is 5.91 Å². The number of carbonyl (C=O) groups is 2. The van der Waals surface area contributed by atoms with Gasteiger partial charge < -0.3 is 14.2 Å². The number of aromatic nitrogens is 1. The first-order chi connectivity index (χ1) is 12.7. The Morgan fingerprint density at radius 1 is 1.04 bits per heavy atom. The molecule has 2 aromatic heterocycles. The molecule has 1 unspecified atom stereocenters. The molecule has 1 fully saturated rings. The zero-order valence-electron chi connectivity index (χ0n) is 14.8. The number of amides is 2. The molecular weight excluding hydrogens is 330 g/mol. The van der Waals surface area contributed by atoms with Crippen molar-refractivity contribution in [1.29, 1.82) is 0 Å². The van der Waals surface area contributed by atoms with Crippen LogP contribution in [0.4, 0.5) is 0 Å². The Kier molecular flexibility index (Phi) is 4.73. The van der Waals surface area contributed by atoms with E-state index >= 15 is 0 Å². The highest BCUT2D eigenvalue weighted by molar-refractivity contribution is 5.93. The summed E-state index contributed by atoms with van der Waals surface area (Å²) < 4.78 is 5.26. The molecule has 0 radical (unpaired) electrons. The maximum atomic E-state index is 13.2. The van der Waals surface area contributed by atoms with Gasteiger partial charge in [-0.3, -0.25) is 14.6 Å². The predicted molar refractivity (Wildman–Crippen MR) is 95.5 cm³/mol. The second-order valence-corrected chi connectivity index (χ2v) is 7.00. The Hall–Kier alpha value is -2.63. The third kappa shape index (κ3) is 3.23. The number of furan rings is 1. The predicted octanol–water partition coefficient (Wildman–Crippen LogP) is 2.82. The molecule has 4 rings (SSSR count). The van der Waals surface area contributed by atoms with E-state index < -0.39 is 5.92 Å². The van der Waals surface area contributed by atoms with Crippen LogP contribution < -0.4 is 0 Å². The summed E-state index contributed by atoms with van der Waals surface area (Å²) >= 11 is 0. The van der Waals surface area contributed by atoms with Crippen molar-refractivity contribution in [3.8, 4) is 0 Å². The van der Waals surface area contributed by atoms with Gasteiger partial charge >= 0.3 is 0 Å². The minimum absolute atomic E-state index is 0.0868. The van der Waals surface area contributed by atoms with Crippen LogP contribution in [0.1, 0.15) is 53.4 Å². The van der Waals surface area contributed by atoms with Crippen LogP contribution in [0.2, 0.25) is 0 Å². The Bertz CT molecular complexity index is 779. The normalized spacial score (nSPS) is 20.4. The number of nitrogens with zero attached hydrogens (tertiary/aromatic N) is 3. The number of hydrogen-bond donors (Lipinski definition) is 0. The molecule has 2 aliphatic heterocycles. The molecule has 2 aliphatic rings. The van der Waals surface area contributed by atoms with Crippen molar-refractivity contribution in [2.75, 3.05) is 19.6 Å². The van der Waals surface area contributed by atoms with E-state index in [0.717, 1.165) is 37.2 Å². The summed E-state index contributed by atoms with van der Waals surface area (Å²) in [5.41, 5.74) is 1.75. The van der Waals surface area contributed by atoms with E-state index in [2.05, 4.69) is 4.98 Å². The highest BCUT2D eigenvalue weighted by Crippen LogP contribution is 2.30. The maximum absolute atomic E-state index is 13.2. The molecule has 0 bridgehead atoms. The molecule has 1 atom stereocenters. The molecule has 0 aliphatic carbocycles. The van der Waals surface area contributed by atoms with E-state index in [1.54, 1.807) is 23.2 Å². The van der Waals surface area contributed by atoms with Gasteiger partial charge in [0.15, 0.2) is 5.76 Å². The fourth-order valence-electron chi connectivity index (χ4n) is 3.89. The van der Waals surface area contributed by atoms with Gasteiger partial charge in [0.1, 0.15) is 0 Å². The van der Waals surface area contributed by atoms with Crippen molar-refractivity contribution >= 4 is 11.8 Å². The van der Waals surface area contributed by atoms with E-state index in [4.69, 9.17) is 4.42 Å². The van der Waals surface area contributed by atoms with Gasteiger partial charge in [0.05, 0.1) is 17.9 Å². The summed E-state index contributed by atoms with van der Waals surface area (Å²) in [5.74, 6) is -0.197. The number of pyridine rings is 1. The van der Waals surface area contributed by atoms with Crippen molar-refractivity contribution in [3.63, 3.8) is 0 Å². The van der Waals surface area contributed by atoms with Crippen molar-refractivity contribution in [2.24, 2.45) is 0 Å². The number of fused-ring (bicyclic) bond motifs is 1. The lowest BCUT2D eigenvalue weighted by atomic mass is 9.93. The van der Waals surface area contributed by atoms with Gasteiger partial charge in [-0.2, -0.15) is 0 Å². The molecule has 0 aromatic carbocycles. The number of hydrogen-bond acceptors (Lipinski definition) is 4. The smallest absolute Gasteiger partial charge is 0.289 e. The first kappa shape index (κ1) is 16.8. The van der Waals surface area contributed by atoms with Gasteiger partial charge in [-0.15, -0.1) is 0 Å². The van der Waals surface area contributed by atoms with Gasteiger partial charge in [-0.1, -0.05) is 18.9 Å². The molecule has 2 aromatic rings. The molecule has 6 heteroatoms. The van der Waals surface area contributed by atoms with E-state index in [1.807, 2.05) is 17.0 Å². The topological polar surface area (TPSA) is 66.7 Å². The lowest BCUT2D eigenvalue weighted by Crippen LogP contribution is -2.45. The lowest BCUT2D eigenvalue weighted by Gasteiger charge is -2.35. The molecule has 26 heavy (non-hydrogen) atoms. The SMILES string of the molecule is O=C(c1ccco1)N1Cc2cccnc2C(C(=O)N2CCCCCC2)C1. The first-order valence-corrected chi connectivity index (χ1v) is 9.29. The summed E-state index contributed by atoms with van der Waals surface area (Å²) in [5, 5.41) is 0. The van der Waals surface area contributed by atoms with Crippen LogP contribution >= 0.6 is 0 Å². The number of likely N-dealkylation sites (tertiary alicyclic amines) is 1. The minimum atomic E-state index is -0.406. The van der Waals surface area contributed by atoms with Crippen LogP contribution in [-0.2, 0) is 11.3 Å². The van der Waals surface area contributed by atoms with E-state index in [1.165, 1.54) is 19.1 Å². The molecule has 1 saturated heterocycles. The summed E-state index contributed by atoms with van der Waals surface area (Å²) in [6.07, 6.45) is 7.65. The molecule has 6 nitrogen and oxygen atoms in total. The molecule has 4 heterocycles. The number of rotatable bonds is 2. The van der Waals surface area contributed by atoms with E-state index in [-0.39, 0.29) is 11.8 Å². The molecule has 2 amide bonds. The molecule has 0 N–H and O–H groups in total. The zero-order valence-corrected chi connectivity index (χ0v) is 14.8. The van der Waals surface area contributed by atoms with Crippen molar-refractivity contribution in [1.82, 2.24) is 14.8 Å². The number of carbonyl (C=O) groups excluding carboxylic acids is 2. The van der Waals surface area contributed by atoms with Crippen LogP contribution in [0.25, 0.3) is 0 Å². The third-order valence-electron chi connectivity index (χ3n) is 5.26. The molecule has 136 valence electrons. The Balaban J connectivity index is 1.62. The summed E-state index contributed by atoms with van der Waals surface area (Å²) in [6.45, 7) is 2.39. The average Bonchev–Trinajstić information content (AvgIpc) is 3.08. The van der Waals surface area contributed by atoms with E-state index in [9.17, 15) is 9.59 Å². The maximum Gasteiger partial charge on any atom is 0.289 e. The highest BCUT2D eigenvalue weighted by Gasteiger charge is 2.36. The largest absolute Gasteiger partial charge is 0.459 e. The van der Waals surface area contributed by atoms with Gasteiger partial charge in [-0.05, 0) is 36.6 Å². The standard InChI is InChI=1S/C20H23N3O3/c24-19(22-10-3-1-2-4-11-22)16-14-23(20(25)17-8-6-12-26-17)13-15-7-5-9-21-18(15)16/h5-9,12,16H,1-4,10-11,13-14H2. The molecular formula is C20H23N3O3. The van der Waals surface area contributed by atoms with Crippen LogP contribution in [0.15, 0.2) is 41.1 Å². The Labute approximate surface area is 152 Å². The second-order valence-electron chi connectivity index (χ2n) is 7.00. The van der Waals surface area contributed by atoms with Crippen molar-refractivity contribution in [2.45, 2.75) is 38.1 Å². The summed E-state index contributed by atoms with van der Waals surface area (Å²) in [6, 6.07) is 7.17. The summed E-state index contributed by atoms with van der Waals surface area (Å²) in [4.78, 5) is 34.1. The van der Waals surface area contributed by atoms with Crippen LogP contribution in [-0.4, -0.2) is 46.2 Å². The molecule has 0 spiro atoms. The van der Waals surface area contributed by atoms with Crippen molar-refractivity contribution < 1.29 is 14.0 Å². The molecule has 0 saturated carbocycles. The summed E-state index contributed by atoms with van der Waals surface area (Å²) in [7, 11) is 0. The van der Waals surface area contributed by atoms with Crippen LogP contribution in [0.5, 0.6) is 0 Å². The minimum Gasteiger partial charge on any atom is -0.459 e.